The average molecular weight is 393 g/mol. The van der Waals surface area contributed by atoms with Crippen molar-refractivity contribution in [3.63, 3.8) is 0 Å². The molecule has 0 fully saturated rings. The number of aromatic nitrogens is 1. The van der Waals surface area contributed by atoms with Crippen LogP contribution in [0.25, 0.3) is 0 Å². The minimum absolute atomic E-state index is 0.213. The van der Waals surface area contributed by atoms with Crippen molar-refractivity contribution in [3.05, 3.63) is 70.4 Å². The van der Waals surface area contributed by atoms with Crippen molar-refractivity contribution >= 4 is 33.8 Å². The highest BCUT2D eigenvalue weighted by Crippen LogP contribution is 2.39. The average Bonchev–Trinajstić information content (AvgIpc) is 3.30. The van der Waals surface area contributed by atoms with E-state index in [0.29, 0.717) is 21.8 Å². The molecule has 3 aromatic rings. The maximum absolute atomic E-state index is 13.0. The van der Waals surface area contributed by atoms with Crippen LogP contribution < -0.4 is 15.4 Å². The van der Waals surface area contributed by atoms with Crippen molar-refractivity contribution in [1.82, 2.24) is 4.98 Å². The molecule has 28 heavy (non-hydrogen) atoms. The number of thiophene rings is 1. The minimum Gasteiger partial charge on any atom is -0.497 e. The first kappa shape index (κ1) is 18.2. The van der Waals surface area contributed by atoms with Crippen molar-refractivity contribution in [3.8, 4) is 5.75 Å². The maximum Gasteiger partial charge on any atom is 0.258 e. The predicted octanol–water partition coefficient (Wildman–Crippen LogP) is 4.15. The molecule has 0 aliphatic heterocycles. The van der Waals surface area contributed by atoms with Gasteiger partial charge in [0.05, 0.1) is 12.7 Å². The van der Waals surface area contributed by atoms with Crippen LogP contribution in [0.1, 0.15) is 37.6 Å². The highest BCUT2D eigenvalue weighted by molar-refractivity contribution is 7.17. The molecular formula is C21H19N3O3S. The Morgan fingerprint density at radius 1 is 1.00 bits per heavy atom. The van der Waals surface area contributed by atoms with E-state index in [2.05, 4.69) is 15.6 Å². The zero-order chi connectivity index (χ0) is 19.5. The standard InChI is InChI=1S/C21H19N3O3S/c1-27-15-7-5-14(6-8-15)23-20(26)18-16-3-2-4-17(16)28-21(18)24-19(25)13-9-11-22-12-10-13/h5-12H,2-4H2,1H3,(H,23,26)(H,24,25). The molecule has 2 N–H and O–H groups in total. The van der Waals surface area contributed by atoms with Crippen molar-refractivity contribution in [1.29, 1.82) is 0 Å². The number of carbonyl (C=O) groups excluding carboxylic acids is 2. The molecule has 2 heterocycles. The van der Waals surface area contributed by atoms with E-state index >= 15 is 0 Å². The monoisotopic (exact) mass is 393 g/mol. The second-order valence-electron chi connectivity index (χ2n) is 6.43. The van der Waals surface area contributed by atoms with Gasteiger partial charge in [0.15, 0.2) is 0 Å². The largest absolute Gasteiger partial charge is 0.497 e. The Labute approximate surface area is 166 Å². The van der Waals surface area contributed by atoms with Crippen molar-refractivity contribution in [2.45, 2.75) is 19.3 Å². The summed E-state index contributed by atoms with van der Waals surface area (Å²) in [6.07, 6.45) is 5.96. The molecular weight excluding hydrogens is 374 g/mol. The van der Waals surface area contributed by atoms with Crippen LogP contribution in [-0.4, -0.2) is 23.9 Å². The van der Waals surface area contributed by atoms with Crippen molar-refractivity contribution < 1.29 is 14.3 Å². The summed E-state index contributed by atoms with van der Waals surface area (Å²) >= 11 is 1.49. The second kappa shape index (κ2) is 7.82. The lowest BCUT2D eigenvalue weighted by atomic mass is 10.1. The number of hydrogen-bond donors (Lipinski definition) is 2. The number of pyridine rings is 1. The number of ether oxygens (including phenoxy) is 1. The van der Waals surface area contributed by atoms with Gasteiger partial charge in [-0.2, -0.15) is 0 Å². The molecule has 1 aliphatic rings. The van der Waals surface area contributed by atoms with Crippen LogP contribution in [0.4, 0.5) is 10.7 Å². The maximum atomic E-state index is 13.0. The van der Waals surface area contributed by atoms with Crippen LogP contribution in [-0.2, 0) is 12.8 Å². The lowest BCUT2D eigenvalue weighted by Gasteiger charge is -2.10. The molecule has 4 rings (SSSR count). The van der Waals surface area contributed by atoms with Gasteiger partial charge in [0.25, 0.3) is 11.8 Å². The van der Waals surface area contributed by atoms with Gasteiger partial charge in [0, 0.05) is 28.5 Å². The number of fused-ring (bicyclic) bond motifs is 1. The Bertz CT molecular complexity index is 1010. The fourth-order valence-electron chi connectivity index (χ4n) is 3.28. The van der Waals surface area contributed by atoms with Gasteiger partial charge in [0.2, 0.25) is 0 Å². The molecule has 1 aliphatic carbocycles. The molecule has 0 unspecified atom stereocenters. The number of benzene rings is 1. The van der Waals surface area contributed by atoms with E-state index in [-0.39, 0.29) is 11.8 Å². The van der Waals surface area contributed by atoms with Crippen LogP contribution >= 0.6 is 11.3 Å². The van der Waals surface area contributed by atoms with E-state index in [1.54, 1.807) is 55.9 Å². The molecule has 7 heteroatoms. The van der Waals surface area contributed by atoms with Gasteiger partial charge in [-0.25, -0.2) is 0 Å². The molecule has 0 saturated carbocycles. The lowest BCUT2D eigenvalue weighted by Crippen LogP contribution is -2.18. The summed E-state index contributed by atoms with van der Waals surface area (Å²) in [6, 6.07) is 10.5. The number of nitrogens with one attached hydrogen (secondary N) is 2. The Morgan fingerprint density at radius 3 is 2.46 bits per heavy atom. The summed E-state index contributed by atoms with van der Waals surface area (Å²) in [5, 5.41) is 6.44. The van der Waals surface area contributed by atoms with Crippen LogP contribution in [0.5, 0.6) is 5.75 Å². The molecule has 2 amide bonds. The molecule has 0 spiro atoms. The van der Waals surface area contributed by atoms with E-state index in [0.717, 1.165) is 30.6 Å². The van der Waals surface area contributed by atoms with Crippen LogP contribution in [0.3, 0.4) is 0 Å². The number of hydrogen-bond acceptors (Lipinski definition) is 5. The fourth-order valence-corrected chi connectivity index (χ4v) is 4.56. The summed E-state index contributed by atoms with van der Waals surface area (Å²) in [7, 11) is 1.60. The molecule has 142 valence electrons. The molecule has 0 radical (unpaired) electrons. The zero-order valence-electron chi connectivity index (χ0n) is 15.3. The van der Waals surface area contributed by atoms with Gasteiger partial charge >= 0.3 is 0 Å². The summed E-state index contributed by atoms with van der Waals surface area (Å²) in [5.41, 5.74) is 2.79. The molecule has 0 saturated heterocycles. The summed E-state index contributed by atoms with van der Waals surface area (Å²) < 4.78 is 5.15. The Morgan fingerprint density at radius 2 is 1.75 bits per heavy atom. The first-order valence-corrected chi connectivity index (χ1v) is 9.78. The summed E-state index contributed by atoms with van der Waals surface area (Å²) in [4.78, 5) is 30.7. The third-order valence-corrected chi connectivity index (χ3v) is 5.87. The van der Waals surface area contributed by atoms with Gasteiger partial charge in [-0.15, -0.1) is 11.3 Å². The topological polar surface area (TPSA) is 80.3 Å². The van der Waals surface area contributed by atoms with E-state index in [1.807, 2.05) is 0 Å². The number of aryl methyl sites for hydroxylation is 1. The van der Waals surface area contributed by atoms with Gasteiger partial charge < -0.3 is 15.4 Å². The zero-order valence-corrected chi connectivity index (χ0v) is 16.1. The molecule has 0 atom stereocenters. The van der Waals surface area contributed by atoms with Gasteiger partial charge in [0.1, 0.15) is 10.8 Å². The Kier molecular flexibility index (Phi) is 5.08. The van der Waals surface area contributed by atoms with E-state index in [1.165, 1.54) is 16.2 Å². The summed E-state index contributed by atoms with van der Waals surface area (Å²) in [6.45, 7) is 0. The van der Waals surface area contributed by atoms with Gasteiger partial charge in [-0.05, 0) is 61.2 Å². The van der Waals surface area contributed by atoms with Gasteiger partial charge in [-0.3, -0.25) is 14.6 Å². The highest BCUT2D eigenvalue weighted by Gasteiger charge is 2.27. The fraction of sp³-hybridized carbons (Fsp3) is 0.190. The van der Waals surface area contributed by atoms with Crippen LogP contribution in [0, 0.1) is 0 Å². The summed E-state index contributed by atoms with van der Waals surface area (Å²) in [5.74, 6) is 0.259. The Balaban J connectivity index is 1.60. The Hall–Kier alpha value is -3.19. The van der Waals surface area contributed by atoms with Crippen LogP contribution in [0.2, 0.25) is 0 Å². The predicted molar refractivity (Wildman–Crippen MR) is 109 cm³/mol. The second-order valence-corrected chi connectivity index (χ2v) is 7.54. The van der Waals surface area contributed by atoms with E-state index in [4.69, 9.17) is 4.74 Å². The van der Waals surface area contributed by atoms with E-state index < -0.39 is 0 Å². The number of carbonyl (C=O) groups is 2. The molecule has 0 bridgehead atoms. The van der Waals surface area contributed by atoms with Gasteiger partial charge in [-0.1, -0.05) is 0 Å². The first-order chi connectivity index (χ1) is 13.7. The SMILES string of the molecule is COc1ccc(NC(=O)c2c(NC(=O)c3ccncc3)sc3c2CCC3)cc1. The number of nitrogens with zero attached hydrogens (tertiary/aromatic N) is 1. The normalized spacial score (nSPS) is 12.3. The molecule has 1 aromatic carbocycles. The number of anilines is 2. The van der Waals surface area contributed by atoms with Crippen molar-refractivity contribution in [2.75, 3.05) is 17.7 Å². The first-order valence-electron chi connectivity index (χ1n) is 8.97. The number of amides is 2. The van der Waals surface area contributed by atoms with Crippen molar-refractivity contribution in [2.24, 2.45) is 0 Å². The quantitative estimate of drug-likeness (QED) is 0.683. The molecule has 2 aromatic heterocycles. The third kappa shape index (κ3) is 3.61. The third-order valence-electron chi connectivity index (χ3n) is 4.67. The number of rotatable bonds is 5. The number of methoxy groups -OCH3 is 1. The molecule has 6 nitrogen and oxygen atoms in total. The smallest absolute Gasteiger partial charge is 0.258 e. The lowest BCUT2D eigenvalue weighted by molar-refractivity contribution is 0.102. The minimum atomic E-state index is -0.249. The van der Waals surface area contributed by atoms with Crippen LogP contribution in [0.15, 0.2) is 48.8 Å². The highest BCUT2D eigenvalue weighted by atomic mass is 32.1. The van der Waals surface area contributed by atoms with E-state index in [9.17, 15) is 9.59 Å².